The Morgan fingerprint density at radius 3 is 2.82 bits per heavy atom. The van der Waals surface area contributed by atoms with Gasteiger partial charge in [0.15, 0.2) is 5.82 Å². The Morgan fingerprint density at radius 2 is 1.96 bits per heavy atom. The molecule has 5 rings (SSSR count). The van der Waals surface area contributed by atoms with E-state index in [2.05, 4.69) is 19.9 Å². The molecule has 0 saturated carbocycles. The van der Waals surface area contributed by atoms with Crippen molar-refractivity contribution in [1.82, 2.24) is 19.9 Å². The van der Waals surface area contributed by atoms with Crippen LogP contribution < -0.4 is 9.64 Å². The van der Waals surface area contributed by atoms with Gasteiger partial charge in [-0.15, -0.1) is 0 Å². The molecular weight excluding hydrogens is 374 g/mol. The highest BCUT2D eigenvalue weighted by molar-refractivity contribution is 6.31. The lowest BCUT2D eigenvalue weighted by Crippen LogP contribution is -2.46. The van der Waals surface area contributed by atoms with Gasteiger partial charge in [-0.3, -0.25) is 4.98 Å². The first-order valence-corrected chi connectivity index (χ1v) is 9.44. The lowest BCUT2D eigenvalue weighted by Gasteiger charge is -2.39. The van der Waals surface area contributed by atoms with Crippen LogP contribution in [0.5, 0.6) is 5.75 Å². The maximum atomic E-state index is 6.07. The highest BCUT2D eigenvalue weighted by Gasteiger charge is 2.33. The zero-order valence-corrected chi connectivity index (χ0v) is 16.0. The Labute approximate surface area is 167 Å². The number of hydrogen-bond donors (Lipinski definition) is 1. The fraction of sp³-hybridized carbons (Fsp3) is 0.190. The molecule has 7 heteroatoms. The van der Waals surface area contributed by atoms with Crippen molar-refractivity contribution in [3.05, 3.63) is 65.7 Å². The van der Waals surface area contributed by atoms with Crippen LogP contribution in [0.3, 0.4) is 0 Å². The number of halogens is 1. The summed E-state index contributed by atoms with van der Waals surface area (Å²) < 4.78 is 5.35. The molecule has 1 saturated heterocycles. The molecule has 0 unspecified atom stereocenters. The molecule has 3 heterocycles. The fourth-order valence-corrected chi connectivity index (χ4v) is 3.72. The van der Waals surface area contributed by atoms with Crippen molar-refractivity contribution in [2.24, 2.45) is 0 Å². The van der Waals surface area contributed by atoms with Crippen molar-refractivity contribution < 1.29 is 4.74 Å². The molecule has 0 aliphatic carbocycles. The molecule has 140 valence electrons. The second-order valence-corrected chi connectivity index (χ2v) is 7.28. The van der Waals surface area contributed by atoms with Crippen LogP contribution in [-0.4, -0.2) is 40.1 Å². The van der Waals surface area contributed by atoms with E-state index in [9.17, 15) is 0 Å². The fourth-order valence-electron chi connectivity index (χ4n) is 3.55. The highest BCUT2D eigenvalue weighted by atomic mass is 35.5. The molecule has 0 atom stereocenters. The van der Waals surface area contributed by atoms with Gasteiger partial charge >= 0.3 is 0 Å². The van der Waals surface area contributed by atoms with Crippen molar-refractivity contribution in [2.75, 3.05) is 25.1 Å². The van der Waals surface area contributed by atoms with E-state index in [-0.39, 0.29) is 0 Å². The van der Waals surface area contributed by atoms with E-state index in [0.29, 0.717) is 10.9 Å². The van der Waals surface area contributed by atoms with Gasteiger partial charge in [0.1, 0.15) is 17.3 Å². The minimum Gasteiger partial charge on any atom is -0.497 e. The average molecular weight is 392 g/mol. The first-order valence-electron chi connectivity index (χ1n) is 9.07. The lowest BCUT2D eigenvalue weighted by atomic mass is 9.98. The van der Waals surface area contributed by atoms with Crippen LogP contribution in [0.1, 0.15) is 11.7 Å². The zero-order valence-electron chi connectivity index (χ0n) is 15.3. The third-order valence-corrected chi connectivity index (χ3v) is 5.29. The number of benzene rings is 2. The maximum Gasteiger partial charge on any atom is 0.155 e. The van der Waals surface area contributed by atoms with Crippen LogP contribution in [0.4, 0.5) is 5.82 Å². The van der Waals surface area contributed by atoms with E-state index in [1.54, 1.807) is 19.5 Å². The van der Waals surface area contributed by atoms with Gasteiger partial charge in [-0.05, 0) is 30.3 Å². The van der Waals surface area contributed by atoms with Gasteiger partial charge in [0.25, 0.3) is 0 Å². The molecule has 0 bridgehead atoms. The quantitative estimate of drug-likeness (QED) is 0.562. The molecular formula is C21H18ClN5O. The number of fused-ring (bicyclic) bond motifs is 1. The number of nitrogens with one attached hydrogen (secondary N) is 1. The Bertz CT molecular complexity index is 1150. The van der Waals surface area contributed by atoms with E-state index >= 15 is 0 Å². The predicted molar refractivity (Wildman–Crippen MR) is 110 cm³/mol. The normalized spacial score (nSPS) is 14.3. The number of H-pyrrole nitrogens is 1. The average Bonchev–Trinajstić information content (AvgIpc) is 3.10. The maximum absolute atomic E-state index is 6.07. The third kappa shape index (κ3) is 2.96. The van der Waals surface area contributed by atoms with Gasteiger partial charge < -0.3 is 14.6 Å². The number of rotatable bonds is 4. The number of aromatic nitrogens is 4. The van der Waals surface area contributed by atoms with Crippen LogP contribution in [0.15, 0.2) is 54.9 Å². The molecule has 0 amide bonds. The molecule has 1 aliphatic heterocycles. The van der Waals surface area contributed by atoms with Crippen molar-refractivity contribution in [1.29, 1.82) is 0 Å². The molecule has 4 aromatic rings. The van der Waals surface area contributed by atoms with Crippen LogP contribution in [-0.2, 0) is 0 Å². The third-order valence-electron chi connectivity index (χ3n) is 5.05. The summed E-state index contributed by atoms with van der Waals surface area (Å²) in [6.45, 7) is 1.67. The molecule has 28 heavy (non-hydrogen) atoms. The first-order chi connectivity index (χ1) is 13.7. The molecule has 1 N–H and O–H groups in total. The smallest absolute Gasteiger partial charge is 0.155 e. The molecule has 0 spiro atoms. The van der Waals surface area contributed by atoms with Crippen LogP contribution in [0.25, 0.3) is 22.3 Å². The number of nitrogens with zero attached hydrogens (tertiary/aromatic N) is 4. The SMILES string of the molecule is COc1cccc(-c2nccnc2N2CC(c3nc4cc(Cl)ccc4[nH]3)C2)c1. The summed E-state index contributed by atoms with van der Waals surface area (Å²) >= 11 is 6.07. The lowest BCUT2D eigenvalue weighted by molar-refractivity contribution is 0.415. The van der Waals surface area contributed by atoms with Crippen LogP contribution in [0, 0.1) is 0 Å². The van der Waals surface area contributed by atoms with Gasteiger partial charge in [0, 0.05) is 36.1 Å². The van der Waals surface area contributed by atoms with E-state index in [1.807, 2.05) is 42.5 Å². The van der Waals surface area contributed by atoms with Gasteiger partial charge in [-0.25, -0.2) is 9.97 Å². The number of methoxy groups -OCH3 is 1. The van der Waals surface area contributed by atoms with Crippen molar-refractivity contribution in [3.8, 4) is 17.0 Å². The first kappa shape index (κ1) is 17.0. The zero-order chi connectivity index (χ0) is 19.1. The predicted octanol–water partition coefficient (Wildman–Crippen LogP) is 4.29. The monoisotopic (exact) mass is 391 g/mol. The summed E-state index contributed by atoms with van der Waals surface area (Å²) in [5, 5.41) is 0.697. The van der Waals surface area contributed by atoms with E-state index in [1.165, 1.54) is 0 Å². The van der Waals surface area contributed by atoms with Crippen LogP contribution >= 0.6 is 11.6 Å². The molecule has 2 aromatic carbocycles. The molecule has 1 aliphatic rings. The Kier molecular flexibility index (Phi) is 4.13. The van der Waals surface area contributed by atoms with E-state index < -0.39 is 0 Å². The largest absolute Gasteiger partial charge is 0.497 e. The van der Waals surface area contributed by atoms with Gasteiger partial charge in [0.2, 0.25) is 0 Å². The Balaban J connectivity index is 1.40. The molecule has 2 aromatic heterocycles. The molecule has 1 fully saturated rings. The standard InChI is InChI=1S/C21H18ClN5O/c1-28-16-4-2-3-13(9-16)19-21(24-8-7-23-19)27-11-14(12-27)20-25-17-6-5-15(22)10-18(17)26-20/h2-10,14H,11-12H2,1H3,(H,25,26). The van der Waals surface area contributed by atoms with Crippen molar-refractivity contribution in [3.63, 3.8) is 0 Å². The topological polar surface area (TPSA) is 66.9 Å². The number of ether oxygens (including phenoxy) is 1. The summed E-state index contributed by atoms with van der Waals surface area (Å²) in [6.07, 6.45) is 3.45. The summed E-state index contributed by atoms with van der Waals surface area (Å²) in [5.74, 6) is 2.99. The van der Waals surface area contributed by atoms with Crippen LogP contribution in [0.2, 0.25) is 5.02 Å². The number of imidazole rings is 1. The van der Waals surface area contributed by atoms with Gasteiger partial charge in [-0.1, -0.05) is 23.7 Å². The number of hydrogen-bond acceptors (Lipinski definition) is 5. The van der Waals surface area contributed by atoms with E-state index in [0.717, 1.165) is 52.8 Å². The second kappa shape index (κ2) is 6.80. The van der Waals surface area contributed by atoms with E-state index in [4.69, 9.17) is 21.3 Å². The summed E-state index contributed by atoms with van der Waals surface area (Å²) in [4.78, 5) is 19.5. The molecule has 0 radical (unpaired) electrons. The molecule has 6 nitrogen and oxygen atoms in total. The van der Waals surface area contributed by atoms with Crippen molar-refractivity contribution >= 4 is 28.5 Å². The summed E-state index contributed by atoms with van der Waals surface area (Å²) in [7, 11) is 1.66. The van der Waals surface area contributed by atoms with Crippen molar-refractivity contribution in [2.45, 2.75) is 5.92 Å². The Hall–Kier alpha value is -3.12. The van der Waals surface area contributed by atoms with Gasteiger partial charge in [-0.2, -0.15) is 0 Å². The minimum atomic E-state index is 0.325. The summed E-state index contributed by atoms with van der Waals surface area (Å²) in [6, 6.07) is 13.6. The highest BCUT2D eigenvalue weighted by Crippen LogP contribution is 2.35. The minimum absolute atomic E-state index is 0.325. The van der Waals surface area contributed by atoms with Gasteiger partial charge in [0.05, 0.1) is 24.1 Å². The Morgan fingerprint density at radius 1 is 1.11 bits per heavy atom. The second-order valence-electron chi connectivity index (χ2n) is 6.85. The number of anilines is 1. The number of aromatic amines is 1. The summed E-state index contributed by atoms with van der Waals surface area (Å²) in [5.41, 5.74) is 3.76.